The fourth-order valence-electron chi connectivity index (χ4n) is 4.90. The van der Waals surface area contributed by atoms with Gasteiger partial charge in [0.25, 0.3) is 0 Å². The molecule has 7 nitrogen and oxygen atoms in total. The Morgan fingerprint density at radius 1 is 1.24 bits per heavy atom. The van der Waals surface area contributed by atoms with Gasteiger partial charge in [0.05, 0.1) is 17.6 Å². The predicted molar refractivity (Wildman–Crippen MR) is 125 cm³/mol. The van der Waals surface area contributed by atoms with Crippen LogP contribution in [0.2, 0.25) is 0 Å². The van der Waals surface area contributed by atoms with E-state index >= 15 is 0 Å². The summed E-state index contributed by atoms with van der Waals surface area (Å²) in [6, 6.07) is 18.0. The smallest absolute Gasteiger partial charge is 0.304 e. The van der Waals surface area contributed by atoms with Crippen LogP contribution >= 0.6 is 0 Å². The van der Waals surface area contributed by atoms with Crippen LogP contribution < -0.4 is 10.1 Å². The lowest BCUT2D eigenvalue weighted by atomic mass is 9.76. The van der Waals surface area contributed by atoms with Gasteiger partial charge in [0.2, 0.25) is 0 Å². The maximum absolute atomic E-state index is 11.4. The molecule has 2 aliphatic rings. The third-order valence-electron chi connectivity index (χ3n) is 6.64. The second kappa shape index (κ2) is 8.83. The first-order valence-electron chi connectivity index (χ1n) is 11.3. The number of carbonyl (C=O) groups is 1. The third kappa shape index (κ3) is 4.41. The number of carboxylic acid groups (broad SMARTS) is 1. The summed E-state index contributed by atoms with van der Waals surface area (Å²) in [5.74, 6) is -0.0230. The standard InChI is InChI=1S/C26H27N3O4/c1-17-12-19(21-4-2-3-5-22(21)28-17)15-32-20-8-6-18(7-9-20)23-13-24(33-29-23)26(14-25(30)31)10-11-27-16-26/h2-9,12,24,27H,10-11,13-16H2,1H3,(H,30,31). The number of rotatable bonds is 7. The minimum absolute atomic E-state index is 0.0867. The van der Waals surface area contributed by atoms with E-state index in [4.69, 9.17) is 9.57 Å². The molecule has 0 amide bonds. The van der Waals surface area contributed by atoms with Gasteiger partial charge in [0.1, 0.15) is 18.5 Å². The molecule has 2 aromatic carbocycles. The highest BCUT2D eigenvalue weighted by molar-refractivity contribution is 6.01. The van der Waals surface area contributed by atoms with Crippen LogP contribution in [0.5, 0.6) is 5.75 Å². The van der Waals surface area contributed by atoms with Crippen LogP contribution in [0, 0.1) is 12.3 Å². The number of aryl methyl sites for hydroxylation is 1. The van der Waals surface area contributed by atoms with Gasteiger partial charge in [-0.2, -0.15) is 0 Å². The van der Waals surface area contributed by atoms with Crippen molar-refractivity contribution >= 4 is 22.6 Å². The molecule has 3 heterocycles. The van der Waals surface area contributed by atoms with Gasteiger partial charge in [-0.15, -0.1) is 0 Å². The fraction of sp³-hybridized carbons (Fsp3) is 0.346. The maximum atomic E-state index is 11.4. The zero-order chi connectivity index (χ0) is 22.8. The number of carboxylic acids is 1. The Kier molecular flexibility index (Phi) is 5.72. The van der Waals surface area contributed by atoms with Gasteiger partial charge in [-0.25, -0.2) is 0 Å². The molecule has 1 fully saturated rings. The largest absolute Gasteiger partial charge is 0.489 e. The first kappa shape index (κ1) is 21.4. The topological polar surface area (TPSA) is 93.0 Å². The fourth-order valence-corrected chi connectivity index (χ4v) is 4.90. The minimum atomic E-state index is -0.797. The molecule has 2 unspecified atom stereocenters. The Morgan fingerprint density at radius 2 is 2.06 bits per heavy atom. The van der Waals surface area contributed by atoms with E-state index < -0.39 is 11.4 Å². The van der Waals surface area contributed by atoms with Crippen molar-refractivity contribution in [3.05, 3.63) is 71.4 Å². The van der Waals surface area contributed by atoms with E-state index in [9.17, 15) is 9.90 Å². The zero-order valence-electron chi connectivity index (χ0n) is 18.6. The highest BCUT2D eigenvalue weighted by atomic mass is 16.6. The van der Waals surface area contributed by atoms with E-state index in [0.717, 1.165) is 52.2 Å². The highest BCUT2D eigenvalue weighted by Gasteiger charge is 2.47. The number of fused-ring (bicyclic) bond motifs is 1. The van der Waals surface area contributed by atoms with Crippen molar-refractivity contribution in [2.75, 3.05) is 13.1 Å². The number of aromatic nitrogens is 1. The van der Waals surface area contributed by atoms with Crippen molar-refractivity contribution in [2.24, 2.45) is 10.6 Å². The van der Waals surface area contributed by atoms with Crippen molar-refractivity contribution in [1.29, 1.82) is 0 Å². The van der Waals surface area contributed by atoms with Crippen molar-refractivity contribution in [2.45, 2.75) is 38.9 Å². The van der Waals surface area contributed by atoms with Gasteiger partial charge in [0, 0.05) is 35.0 Å². The number of nitrogens with one attached hydrogen (secondary N) is 1. The van der Waals surface area contributed by atoms with E-state index in [-0.39, 0.29) is 12.5 Å². The van der Waals surface area contributed by atoms with Crippen molar-refractivity contribution in [3.8, 4) is 5.75 Å². The molecule has 0 saturated carbocycles. The Bertz CT molecular complexity index is 1200. The molecular weight excluding hydrogens is 418 g/mol. The van der Waals surface area contributed by atoms with E-state index in [1.807, 2.05) is 49.4 Å². The number of nitrogens with zero attached hydrogens (tertiary/aromatic N) is 2. The number of para-hydroxylation sites is 1. The van der Waals surface area contributed by atoms with E-state index in [1.54, 1.807) is 0 Å². The number of aliphatic carboxylic acids is 1. The van der Waals surface area contributed by atoms with Crippen LogP contribution in [-0.2, 0) is 16.2 Å². The molecule has 1 saturated heterocycles. The number of hydrogen-bond acceptors (Lipinski definition) is 6. The zero-order valence-corrected chi connectivity index (χ0v) is 18.6. The van der Waals surface area contributed by atoms with Gasteiger partial charge >= 0.3 is 5.97 Å². The normalized spacial score (nSPS) is 22.2. The Morgan fingerprint density at radius 3 is 2.82 bits per heavy atom. The predicted octanol–water partition coefficient (Wildman–Crippen LogP) is 4.07. The summed E-state index contributed by atoms with van der Waals surface area (Å²) in [5.41, 5.74) is 4.44. The van der Waals surface area contributed by atoms with E-state index in [0.29, 0.717) is 19.6 Å². The molecule has 33 heavy (non-hydrogen) atoms. The summed E-state index contributed by atoms with van der Waals surface area (Å²) < 4.78 is 6.06. The molecule has 2 aliphatic heterocycles. The summed E-state index contributed by atoms with van der Waals surface area (Å²) in [4.78, 5) is 21.8. The molecule has 170 valence electrons. The first-order valence-corrected chi connectivity index (χ1v) is 11.3. The molecule has 0 aliphatic carbocycles. The molecule has 5 rings (SSSR count). The first-order chi connectivity index (χ1) is 16.0. The second-order valence-corrected chi connectivity index (χ2v) is 8.95. The molecule has 0 bridgehead atoms. The second-order valence-electron chi connectivity index (χ2n) is 8.95. The summed E-state index contributed by atoms with van der Waals surface area (Å²) in [7, 11) is 0. The maximum Gasteiger partial charge on any atom is 0.304 e. The van der Waals surface area contributed by atoms with Crippen molar-refractivity contribution in [3.63, 3.8) is 0 Å². The molecule has 1 aromatic heterocycles. The average molecular weight is 446 g/mol. The van der Waals surface area contributed by atoms with Crippen LogP contribution in [0.3, 0.4) is 0 Å². The van der Waals surface area contributed by atoms with Crippen LogP contribution in [0.25, 0.3) is 10.9 Å². The lowest BCUT2D eigenvalue weighted by Crippen LogP contribution is -2.39. The third-order valence-corrected chi connectivity index (χ3v) is 6.64. The Labute approximate surface area is 192 Å². The van der Waals surface area contributed by atoms with Gasteiger partial charge in [0.15, 0.2) is 0 Å². The summed E-state index contributed by atoms with van der Waals surface area (Å²) >= 11 is 0. The van der Waals surface area contributed by atoms with Crippen LogP contribution in [-0.4, -0.2) is 41.0 Å². The summed E-state index contributed by atoms with van der Waals surface area (Å²) in [6.45, 7) is 3.90. The quantitative estimate of drug-likeness (QED) is 0.570. The van der Waals surface area contributed by atoms with Gasteiger partial charge in [-0.3, -0.25) is 9.78 Å². The number of ether oxygens (including phenoxy) is 1. The lowest BCUT2D eigenvalue weighted by Gasteiger charge is -2.30. The van der Waals surface area contributed by atoms with E-state index in [1.165, 1.54) is 0 Å². The van der Waals surface area contributed by atoms with Gasteiger partial charge < -0.3 is 20.0 Å². The summed E-state index contributed by atoms with van der Waals surface area (Å²) in [5, 5.41) is 18.1. The molecule has 3 aromatic rings. The molecule has 2 atom stereocenters. The van der Waals surface area contributed by atoms with Gasteiger partial charge in [-0.05, 0) is 61.9 Å². The van der Waals surface area contributed by atoms with Crippen LogP contribution in [0.15, 0.2) is 59.8 Å². The molecule has 0 radical (unpaired) electrons. The molecule has 7 heteroatoms. The Balaban J connectivity index is 1.25. The molecule has 0 spiro atoms. The average Bonchev–Trinajstić information content (AvgIpc) is 3.48. The van der Waals surface area contributed by atoms with E-state index in [2.05, 4.69) is 27.6 Å². The van der Waals surface area contributed by atoms with Crippen LogP contribution in [0.1, 0.15) is 36.1 Å². The number of hydrogen-bond donors (Lipinski definition) is 2. The van der Waals surface area contributed by atoms with Gasteiger partial charge in [-0.1, -0.05) is 23.4 Å². The van der Waals surface area contributed by atoms with Crippen LogP contribution in [0.4, 0.5) is 0 Å². The number of benzene rings is 2. The minimum Gasteiger partial charge on any atom is -0.489 e. The highest BCUT2D eigenvalue weighted by Crippen LogP contribution is 2.40. The number of pyridine rings is 1. The SMILES string of the molecule is Cc1cc(COc2ccc(C3=NOC(C4(CC(=O)O)CCNC4)C3)cc2)c2ccccc2n1. The van der Waals surface area contributed by atoms with Crippen molar-refractivity contribution in [1.82, 2.24) is 10.3 Å². The molecular formula is C26H27N3O4. The van der Waals surface area contributed by atoms with Crippen molar-refractivity contribution < 1.29 is 19.5 Å². The monoisotopic (exact) mass is 445 g/mol. The number of oxime groups is 1. The molecule has 2 N–H and O–H groups in total. The Hall–Kier alpha value is -3.45. The lowest BCUT2D eigenvalue weighted by molar-refractivity contribution is -0.142. The summed E-state index contributed by atoms with van der Waals surface area (Å²) in [6.07, 6.45) is 1.25.